The van der Waals surface area contributed by atoms with Crippen molar-refractivity contribution in [2.24, 2.45) is 5.92 Å². The average Bonchev–Trinajstić information content (AvgIpc) is 3.38. The van der Waals surface area contributed by atoms with Crippen LogP contribution in [0.3, 0.4) is 0 Å². The van der Waals surface area contributed by atoms with Gasteiger partial charge in [0.15, 0.2) is 0 Å². The van der Waals surface area contributed by atoms with Gasteiger partial charge in [-0.05, 0) is 36.8 Å². The van der Waals surface area contributed by atoms with Gasteiger partial charge in [-0.15, -0.1) is 11.3 Å². The van der Waals surface area contributed by atoms with Crippen LogP contribution < -0.4 is 10.7 Å². The Kier molecular flexibility index (Phi) is 5.29. The number of rotatable bonds is 4. The lowest BCUT2D eigenvalue weighted by Gasteiger charge is -2.32. The van der Waals surface area contributed by atoms with Crippen LogP contribution in [0.1, 0.15) is 35.0 Å². The number of imide groups is 1. The standard InChI is InChI=1S/C21H22N4O4S/c1-21(15-8-3-2-4-9-15)19(28)25(20(29)22-21)23-17(26)14-7-5-11-24(13-14)18(27)16-10-6-12-30-16/h2-4,6,8-10,12,14H,5,7,11,13H2,1H3,(H,22,29)(H,23,26). The zero-order valence-corrected chi connectivity index (χ0v) is 17.3. The van der Waals surface area contributed by atoms with Crippen LogP contribution in [0.25, 0.3) is 0 Å². The van der Waals surface area contributed by atoms with Crippen LogP contribution in [0.15, 0.2) is 47.8 Å². The molecule has 2 fully saturated rings. The molecule has 9 heteroatoms. The Bertz CT molecular complexity index is 978. The van der Waals surface area contributed by atoms with Crippen molar-refractivity contribution < 1.29 is 19.2 Å². The highest BCUT2D eigenvalue weighted by atomic mass is 32.1. The minimum absolute atomic E-state index is 0.103. The fourth-order valence-electron chi connectivity index (χ4n) is 3.84. The van der Waals surface area contributed by atoms with Crippen molar-refractivity contribution >= 4 is 35.1 Å². The van der Waals surface area contributed by atoms with Crippen molar-refractivity contribution in [3.05, 3.63) is 58.3 Å². The number of nitrogens with one attached hydrogen (secondary N) is 2. The number of hydrazine groups is 1. The molecule has 2 N–H and O–H groups in total. The van der Waals surface area contributed by atoms with E-state index in [9.17, 15) is 19.2 Å². The number of likely N-dealkylation sites (tertiary alicyclic amines) is 1. The second-order valence-electron chi connectivity index (χ2n) is 7.61. The number of benzene rings is 1. The van der Waals surface area contributed by atoms with Crippen molar-refractivity contribution in [2.75, 3.05) is 13.1 Å². The van der Waals surface area contributed by atoms with Crippen molar-refractivity contribution in [2.45, 2.75) is 25.3 Å². The lowest BCUT2D eigenvalue weighted by Crippen LogP contribution is -2.52. The molecule has 2 aromatic rings. The fraction of sp³-hybridized carbons (Fsp3) is 0.333. The number of urea groups is 1. The number of amides is 5. The van der Waals surface area contributed by atoms with Crippen LogP contribution in [0.4, 0.5) is 4.79 Å². The third-order valence-corrected chi connectivity index (χ3v) is 6.43. The van der Waals surface area contributed by atoms with E-state index >= 15 is 0 Å². The molecule has 2 atom stereocenters. The van der Waals surface area contributed by atoms with E-state index in [1.165, 1.54) is 11.3 Å². The zero-order valence-electron chi connectivity index (χ0n) is 16.5. The van der Waals surface area contributed by atoms with E-state index in [0.717, 1.165) is 5.01 Å². The summed E-state index contributed by atoms with van der Waals surface area (Å²) in [5, 5.41) is 5.24. The minimum Gasteiger partial charge on any atom is -0.337 e. The van der Waals surface area contributed by atoms with Crippen LogP contribution in [0.5, 0.6) is 0 Å². The van der Waals surface area contributed by atoms with Crippen LogP contribution >= 0.6 is 11.3 Å². The van der Waals surface area contributed by atoms with Crippen molar-refractivity contribution in [1.82, 2.24) is 20.7 Å². The first kappa shape index (κ1) is 20.1. The Balaban J connectivity index is 1.44. The SMILES string of the molecule is CC1(c2ccccc2)NC(=O)N(NC(=O)C2CCCN(C(=O)c3cccs3)C2)C1=O. The van der Waals surface area contributed by atoms with Gasteiger partial charge in [-0.1, -0.05) is 36.4 Å². The van der Waals surface area contributed by atoms with E-state index in [4.69, 9.17) is 0 Å². The molecule has 2 aliphatic rings. The Labute approximate surface area is 177 Å². The predicted molar refractivity (Wildman–Crippen MR) is 110 cm³/mol. The summed E-state index contributed by atoms with van der Waals surface area (Å²) in [4.78, 5) is 53.1. The molecule has 0 bridgehead atoms. The number of thiophene rings is 1. The summed E-state index contributed by atoms with van der Waals surface area (Å²) in [5.41, 5.74) is 1.84. The van der Waals surface area contributed by atoms with E-state index in [2.05, 4.69) is 10.7 Å². The molecule has 8 nitrogen and oxygen atoms in total. The molecular formula is C21H22N4O4S. The summed E-state index contributed by atoms with van der Waals surface area (Å²) in [7, 11) is 0. The normalized spacial score (nSPS) is 24.0. The molecule has 156 valence electrons. The quantitative estimate of drug-likeness (QED) is 0.732. The fourth-order valence-corrected chi connectivity index (χ4v) is 4.53. The van der Waals surface area contributed by atoms with Crippen molar-refractivity contribution in [3.8, 4) is 0 Å². The first-order valence-corrected chi connectivity index (χ1v) is 10.6. The van der Waals surface area contributed by atoms with E-state index in [1.807, 2.05) is 17.5 Å². The second-order valence-corrected chi connectivity index (χ2v) is 8.55. The summed E-state index contributed by atoms with van der Waals surface area (Å²) >= 11 is 1.36. The maximum absolute atomic E-state index is 12.9. The van der Waals surface area contributed by atoms with Gasteiger partial charge in [-0.2, -0.15) is 5.01 Å². The van der Waals surface area contributed by atoms with E-state index in [-0.39, 0.29) is 12.5 Å². The Morgan fingerprint density at radius 3 is 2.63 bits per heavy atom. The number of carbonyl (C=O) groups is 4. The van der Waals surface area contributed by atoms with Gasteiger partial charge in [0.1, 0.15) is 5.54 Å². The molecule has 1 aromatic heterocycles. The highest BCUT2D eigenvalue weighted by Gasteiger charge is 2.50. The van der Waals surface area contributed by atoms with Gasteiger partial charge in [0.05, 0.1) is 10.8 Å². The Morgan fingerprint density at radius 1 is 1.17 bits per heavy atom. The Hall–Kier alpha value is -3.20. The third kappa shape index (κ3) is 3.56. The molecule has 30 heavy (non-hydrogen) atoms. The molecule has 2 saturated heterocycles. The molecule has 3 heterocycles. The molecule has 2 aliphatic heterocycles. The average molecular weight is 426 g/mol. The molecule has 5 amide bonds. The smallest absolute Gasteiger partial charge is 0.337 e. The molecule has 4 rings (SSSR count). The molecule has 0 aliphatic carbocycles. The first-order valence-electron chi connectivity index (χ1n) is 9.75. The first-order chi connectivity index (χ1) is 14.4. The zero-order chi connectivity index (χ0) is 21.3. The summed E-state index contributed by atoms with van der Waals surface area (Å²) in [5.74, 6) is -1.59. The summed E-state index contributed by atoms with van der Waals surface area (Å²) < 4.78 is 0. The number of piperidine rings is 1. The van der Waals surface area contributed by atoms with E-state index in [0.29, 0.717) is 29.8 Å². The number of hydrogen-bond donors (Lipinski definition) is 2. The van der Waals surface area contributed by atoms with Crippen molar-refractivity contribution in [1.29, 1.82) is 0 Å². The van der Waals surface area contributed by atoms with E-state index < -0.39 is 29.3 Å². The molecular weight excluding hydrogens is 404 g/mol. The molecule has 1 aromatic carbocycles. The maximum atomic E-state index is 12.9. The highest BCUT2D eigenvalue weighted by molar-refractivity contribution is 7.12. The molecule has 0 spiro atoms. The van der Waals surface area contributed by atoms with Gasteiger partial charge in [-0.3, -0.25) is 19.8 Å². The summed E-state index contributed by atoms with van der Waals surface area (Å²) in [6.45, 7) is 2.44. The minimum atomic E-state index is -1.25. The van der Waals surface area contributed by atoms with Crippen molar-refractivity contribution in [3.63, 3.8) is 0 Å². The van der Waals surface area contributed by atoms with Crippen LogP contribution in [-0.4, -0.2) is 46.8 Å². The molecule has 0 radical (unpaired) electrons. The summed E-state index contributed by atoms with van der Waals surface area (Å²) in [6, 6.07) is 11.8. The van der Waals surface area contributed by atoms with Gasteiger partial charge in [0, 0.05) is 13.1 Å². The molecule has 2 unspecified atom stereocenters. The van der Waals surface area contributed by atoms with Gasteiger partial charge < -0.3 is 10.2 Å². The monoisotopic (exact) mass is 426 g/mol. The number of hydrogen-bond acceptors (Lipinski definition) is 5. The van der Waals surface area contributed by atoms with Crippen LogP contribution in [0.2, 0.25) is 0 Å². The largest absolute Gasteiger partial charge is 0.344 e. The van der Waals surface area contributed by atoms with E-state index in [1.54, 1.807) is 42.2 Å². The second kappa shape index (κ2) is 7.91. The van der Waals surface area contributed by atoms with Gasteiger partial charge in [0.2, 0.25) is 5.91 Å². The highest BCUT2D eigenvalue weighted by Crippen LogP contribution is 2.28. The number of nitrogens with zero attached hydrogens (tertiary/aromatic N) is 2. The van der Waals surface area contributed by atoms with Gasteiger partial charge >= 0.3 is 6.03 Å². The maximum Gasteiger partial charge on any atom is 0.344 e. The predicted octanol–water partition coefficient (Wildman–Crippen LogP) is 2.10. The molecule has 0 saturated carbocycles. The van der Waals surface area contributed by atoms with Gasteiger partial charge in [-0.25, -0.2) is 4.79 Å². The lowest BCUT2D eigenvalue weighted by atomic mass is 9.92. The Morgan fingerprint density at radius 2 is 1.93 bits per heavy atom. The third-order valence-electron chi connectivity index (χ3n) is 5.58. The lowest BCUT2D eigenvalue weighted by molar-refractivity contribution is -0.141. The van der Waals surface area contributed by atoms with Gasteiger partial charge in [0.25, 0.3) is 11.8 Å². The summed E-state index contributed by atoms with van der Waals surface area (Å²) in [6.07, 6.45) is 1.26. The number of carbonyl (C=O) groups excluding carboxylic acids is 4. The van der Waals surface area contributed by atoms with Crippen LogP contribution in [0, 0.1) is 5.92 Å². The van der Waals surface area contributed by atoms with Crippen LogP contribution in [-0.2, 0) is 15.1 Å². The topological polar surface area (TPSA) is 98.8 Å².